The maximum Gasteiger partial charge on any atom is 0.492 e. The Morgan fingerprint density at radius 3 is 2.37 bits per heavy atom. The maximum atomic E-state index is 12.2. The number of hydroxylamine groups is 2. The average Bonchev–Trinajstić information content (AvgIpc) is 2.63. The van der Waals surface area contributed by atoms with Crippen molar-refractivity contribution in [3.63, 3.8) is 0 Å². The molecule has 1 heterocycles. The molecule has 2 aromatic carbocycles. The second-order valence-electron chi connectivity index (χ2n) is 6.48. The molecule has 11 heteroatoms. The normalized spacial score (nSPS) is 16.0. The minimum Gasteiger partial charge on any atom is -0.484 e. The highest BCUT2D eigenvalue weighted by molar-refractivity contribution is 6.33. The molecule has 1 atom stereocenters. The van der Waals surface area contributed by atoms with E-state index in [1.165, 1.54) is 6.07 Å². The Bertz CT molecular complexity index is 936. The molecule has 1 aliphatic rings. The molecule has 0 aliphatic carbocycles. The van der Waals surface area contributed by atoms with Crippen molar-refractivity contribution in [1.29, 1.82) is 0 Å². The molecule has 5 nitrogen and oxygen atoms in total. The molecular weight excluding hydrogens is 470 g/mol. The van der Waals surface area contributed by atoms with Crippen LogP contribution in [0.15, 0.2) is 36.4 Å². The first-order valence-corrected chi connectivity index (χ1v) is 9.78. The number of carbonyl (C=O) groups is 1. The third-order valence-electron chi connectivity index (χ3n) is 4.16. The number of carbonyl (C=O) groups excluding carboxylic acids is 1. The van der Waals surface area contributed by atoms with Crippen LogP contribution in [0.4, 0.5) is 13.2 Å². The lowest BCUT2D eigenvalue weighted by Crippen LogP contribution is -2.55. The minimum absolute atomic E-state index is 0.0382. The largest absolute Gasteiger partial charge is 0.492 e. The van der Waals surface area contributed by atoms with Crippen LogP contribution in [0, 0.1) is 0 Å². The molecule has 3 rings (SSSR count). The van der Waals surface area contributed by atoms with Gasteiger partial charge in [-0.25, -0.2) is 4.79 Å². The molecule has 2 aromatic rings. The Morgan fingerprint density at radius 1 is 1.07 bits per heavy atom. The van der Waals surface area contributed by atoms with E-state index in [9.17, 15) is 18.0 Å². The van der Waals surface area contributed by atoms with E-state index in [0.717, 1.165) is 5.06 Å². The van der Waals surface area contributed by atoms with Gasteiger partial charge in [0.1, 0.15) is 12.2 Å². The number of alkyl halides is 3. The van der Waals surface area contributed by atoms with E-state index in [-0.39, 0.29) is 13.1 Å². The van der Waals surface area contributed by atoms with Crippen molar-refractivity contribution >= 4 is 40.8 Å². The first kappa shape index (κ1) is 22.8. The van der Waals surface area contributed by atoms with Crippen LogP contribution < -0.4 is 9.47 Å². The van der Waals surface area contributed by atoms with Crippen LogP contribution in [0.5, 0.6) is 11.5 Å². The quantitative estimate of drug-likeness (QED) is 0.513. The summed E-state index contributed by atoms with van der Waals surface area (Å²) in [6.07, 6.45) is -6.06. The smallest absolute Gasteiger partial charge is 0.484 e. The van der Waals surface area contributed by atoms with Gasteiger partial charge in [0.25, 0.3) is 0 Å². The van der Waals surface area contributed by atoms with Gasteiger partial charge >= 0.3 is 12.1 Å². The van der Waals surface area contributed by atoms with E-state index >= 15 is 0 Å². The second-order valence-corrected chi connectivity index (χ2v) is 7.76. The lowest BCUT2D eigenvalue weighted by Gasteiger charge is -2.37. The van der Waals surface area contributed by atoms with Crippen LogP contribution in [-0.4, -0.2) is 36.4 Å². The monoisotopic (exact) mass is 483 g/mol. The summed E-state index contributed by atoms with van der Waals surface area (Å²) in [4.78, 5) is 15.1. The van der Waals surface area contributed by atoms with Crippen molar-refractivity contribution in [2.24, 2.45) is 0 Å². The molecule has 30 heavy (non-hydrogen) atoms. The Kier molecular flexibility index (Phi) is 6.91. The van der Waals surface area contributed by atoms with Crippen molar-refractivity contribution in [2.45, 2.75) is 25.3 Å². The molecule has 162 valence electrons. The topological polar surface area (TPSA) is 48.0 Å². The summed E-state index contributed by atoms with van der Waals surface area (Å²) in [7, 11) is 0. The van der Waals surface area contributed by atoms with Gasteiger partial charge in [-0.15, -0.1) is 5.06 Å². The van der Waals surface area contributed by atoms with E-state index in [1.807, 2.05) is 0 Å². The van der Waals surface area contributed by atoms with E-state index in [4.69, 9.17) is 44.3 Å². The van der Waals surface area contributed by atoms with Crippen molar-refractivity contribution < 1.29 is 32.3 Å². The summed E-state index contributed by atoms with van der Waals surface area (Å²) < 4.78 is 48.5. The fraction of sp³-hybridized carbons (Fsp3) is 0.316. The lowest BCUT2D eigenvalue weighted by molar-refractivity contribution is -0.262. The van der Waals surface area contributed by atoms with Crippen LogP contribution in [0.2, 0.25) is 15.1 Å². The summed E-state index contributed by atoms with van der Waals surface area (Å²) in [6.45, 7) is 1.70. The Hall–Kier alpha value is -1.87. The summed E-state index contributed by atoms with van der Waals surface area (Å²) in [5.41, 5.74) is 0.666. The number of ether oxygens (including phenoxy) is 2. The molecule has 0 radical (unpaired) electrons. The average molecular weight is 485 g/mol. The Labute approximate surface area is 185 Å². The van der Waals surface area contributed by atoms with Gasteiger partial charge in [0.15, 0.2) is 11.5 Å². The van der Waals surface area contributed by atoms with E-state index < -0.39 is 24.4 Å². The molecule has 0 aromatic heterocycles. The highest BCUT2D eigenvalue weighted by atomic mass is 35.5. The molecule has 0 amide bonds. The lowest BCUT2D eigenvalue weighted by atomic mass is 10.1. The number of nitrogens with zero attached hydrogens (tertiary/aromatic N) is 1. The molecule has 0 saturated carbocycles. The second kappa shape index (κ2) is 9.09. The molecule has 0 N–H and O–H groups in total. The number of hydrogen-bond donors (Lipinski definition) is 0. The number of benzene rings is 2. The molecule has 0 bridgehead atoms. The molecule has 1 aliphatic heterocycles. The zero-order valence-corrected chi connectivity index (χ0v) is 17.6. The number of hydrogen-bond acceptors (Lipinski definition) is 5. The van der Waals surface area contributed by atoms with Gasteiger partial charge in [0.05, 0.1) is 13.1 Å². The predicted molar refractivity (Wildman–Crippen MR) is 105 cm³/mol. The number of halogens is 6. The zero-order valence-electron chi connectivity index (χ0n) is 15.4. The minimum atomic E-state index is -5.06. The first-order valence-electron chi connectivity index (χ1n) is 8.65. The van der Waals surface area contributed by atoms with E-state index in [1.54, 1.807) is 37.3 Å². The van der Waals surface area contributed by atoms with Crippen LogP contribution in [0.3, 0.4) is 0 Å². The molecule has 1 fully saturated rings. The molecule has 1 saturated heterocycles. The van der Waals surface area contributed by atoms with E-state index in [0.29, 0.717) is 32.1 Å². The van der Waals surface area contributed by atoms with Crippen molar-refractivity contribution in [2.75, 3.05) is 13.1 Å². The standard InChI is InChI=1S/C19H15Cl3F3NO4/c1-10(14-6-11(20)2-4-15(14)22)28-16-5-3-12(21)7-17(16)29-13-8-26(9-13)30-18(27)19(23,24)25/h2-7,10,13H,8-9H2,1H3. The van der Waals surface area contributed by atoms with Crippen LogP contribution in [-0.2, 0) is 9.63 Å². The van der Waals surface area contributed by atoms with Crippen LogP contribution in [0.25, 0.3) is 0 Å². The first-order chi connectivity index (χ1) is 14.0. The van der Waals surface area contributed by atoms with Gasteiger partial charge < -0.3 is 14.3 Å². The summed E-state index contributed by atoms with van der Waals surface area (Å²) >= 11 is 18.3. The SMILES string of the molecule is CC(Oc1ccc(Cl)cc1OC1CN(OC(=O)C(F)(F)F)C1)c1cc(Cl)ccc1Cl. The maximum absolute atomic E-state index is 12.2. The van der Waals surface area contributed by atoms with E-state index in [2.05, 4.69) is 4.84 Å². The van der Waals surface area contributed by atoms with Crippen LogP contribution >= 0.6 is 34.8 Å². The van der Waals surface area contributed by atoms with Gasteiger partial charge in [0, 0.05) is 26.7 Å². The van der Waals surface area contributed by atoms with Gasteiger partial charge in [0.2, 0.25) is 0 Å². The van der Waals surface area contributed by atoms with Gasteiger partial charge in [-0.1, -0.05) is 34.8 Å². The van der Waals surface area contributed by atoms with Crippen LogP contribution in [0.1, 0.15) is 18.6 Å². The molecule has 0 spiro atoms. The fourth-order valence-electron chi connectivity index (χ4n) is 2.65. The molecule has 1 unspecified atom stereocenters. The summed E-state index contributed by atoms with van der Waals surface area (Å²) in [6, 6.07) is 9.73. The predicted octanol–water partition coefficient (Wildman–Crippen LogP) is 5.87. The summed E-state index contributed by atoms with van der Waals surface area (Å²) in [5, 5.41) is 2.22. The Balaban J connectivity index is 1.65. The van der Waals surface area contributed by atoms with Crippen molar-refractivity contribution in [3.05, 3.63) is 57.0 Å². The summed E-state index contributed by atoms with van der Waals surface area (Å²) in [5.74, 6) is -1.63. The fourth-order valence-corrected chi connectivity index (χ4v) is 3.26. The highest BCUT2D eigenvalue weighted by Gasteiger charge is 2.44. The number of rotatable bonds is 6. The third kappa shape index (κ3) is 5.63. The molecular formula is C19H15Cl3F3NO4. The van der Waals surface area contributed by atoms with Gasteiger partial charge in [-0.3, -0.25) is 0 Å². The van der Waals surface area contributed by atoms with Gasteiger partial charge in [-0.2, -0.15) is 13.2 Å². The Morgan fingerprint density at radius 2 is 1.70 bits per heavy atom. The van der Waals surface area contributed by atoms with Gasteiger partial charge in [-0.05, 0) is 37.3 Å². The van der Waals surface area contributed by atoms with Crippen molar-refractivity contribution in [3.8, 4) is 11.5 Å². The highest BCUT2D eigenvalue weighted by Crippen LogP contribution is 2.37. The van der Waals surface area contributed by atoms with Crippen molar-refractivity contribution in [1.82, 2.24) is 5.06 Å². The third-order valence-corrected chi connectivity index (χ3v) is 4.97. The zero-order chi connectivity index (χ0) is 22.1.